The molecule has 1 heterocycles. The van der Waals surface area contributed by atoms with Gasteiger partial charge >= 0.3 is 5.97 Å². The number of nitro benzene ring substituents is 1. The van der Waals surface area contributed by atoms with Gasteiger partial charge in [0, 0.05) is 37.9 Å². The molecule has 2 rings (SSSR count). The molecule has 1 saturated heterocycles. The van der Waals surface area contributed by atoms with Crippen LogP contribution in [0.3, 0.4) is 0 Å². The van der Waals surface area contributed by atoms with Crippen LogP contribution in [0.15, 0.2) is 24.3 Å². The van der Waals surface area contributed by atoms with Crippen LogP contribution in [0.5, 0.6) is 0 Å². The Labute approximate surface area is 160 Å². The number of methoxy groups -OCH3 is 1. The SMILES string of the molecule is COC(=O)/C=C(/C)c1ccc(N(CC(C)C)C2CCOCC2)c([N+](=O)[O-])c1. The van der Waals surface area contributed by atoms with Crippen LogP contribution >= 0.6 is 0 Å². The fraction of sp³-hybridized carbons (Fsp3) is 0.550. The monoisotopic (exact) mass is 376 g/mol. The van der Waals surface area contributed by atoms with Crippen molar-refractivity contribution in [1.82, 2.24) is 0 Å². The Balaban J connectivity index is 2.44. The van der Waals surface area contributed by atoms with Crippen LogP contribution in [0.4, 0.5) is 11.4 Å². The summed E-state index contributed by atoms with van der Waals surface area (Å²) in [7, 11) is 1.30. The van der Waals surface area contributed by atoms with Crippen molar-refractivity contribution in [3.63, 3.8) is 0 Å². The first-order valence-electron chi connectivity index (χ1n) is 9.23. The summed E-state index contributed by atoms with van der Waals surface area (Å²) in [5.41, 5.74) is 1.93. The fourth-order valence-electron chi connectivity index (χ4n) is 3.31. The Kier molecular flexibility index (Phi) is 7.36. The van der Waals surface area contributed by atoms with Gasteiger partial charge in [0.2, 0.25) is 0 Å². The fourth-order valence-corrected chi connectivity index (χ4v) is 3.31. The molecule has 0 radical (unpaired) electrons. The zero-order chi connectivity index (χ0) is 20.0. The van der Waals surface area contributed by atoms with Gasteiger partial charge in [0.25, 0.3) is 5.69 Å². The van der Waals surface area contributed by atoms with E-state index < -0.39 is 5.97 Å². The van der Waals surface area contributed by atoms with E-state index in [1.54, 1.807) is 13.0 Å². The molecule has 7 nitrogen and oxygen atoms in total. The van der Waals surface area contributed by atoms with E-state index in [1.165, 1.54) is 19.3 Å². The molecule has 27 heavy (non-hydrogen) atoms. The second-order valence-electron chi connectivity index (χ2n) is 7.20. The molecule has 0 unspecified atom stereocenters. The first kappa shape index (κ1) is 20.9. The van der Waals surface area contributed by atoms with Crippen LogP contribution in [0.2, 0.25) is 0 Å². The minimum absolute atomic E-state index is 0.0530. The molecule has 0 atom stereocenters. The minimum Gasteiger partial charge on any atom is -0.466 e. The molecule has 0 aliphatic carbocycles. The molecular weight excluding hydrogens is 348 g/mol. The molecule has 1 aromatic rings. The van der Waals surface area contributed by atoms with E-state index in [-0.39, 0.29) is 16.7 Å². The molecule has 0 saturated carbocycles. The summed E-state index contributed by atoms with van der Waals surface area (Å²) in [6, 6.07) is 5.37. The summed E-state index contributed by atoms with van der Waals surface area (Å²) in [4.78, 5) is 25.1. The van der Waals surface area contributed by atoms with E-state index >= 15 is 0 Å². The van der Waals surface area contributed by atoms with Crippen molar-refractivity contribution >= 4 is 22.9 Å². The van der Waals surface area contributed by atoms with Crippen LogP contribution in [0, 0.1) is 16.0 Å². The molecule has 0 spiro atoms. The summed E-state index contributed by atoms with van der Waals surface area (Å²) in [6.45, 7) is 8.03. The van der Waals surface area contributed by atoms with Crippen LogP contribution in [0.25, 0.3) is 5.57 Å². The van der Waals surface area contributed by atoms with Crippen molar-refractivity contribution < 1.29 is 19.2 Å². The van der Waals surface area contributed by atoms with Crippen LogP contribution in [-0.2, 0) is 14.3 Å². The largest absolute Gasteiger partial charge is 0.466 e. The third kappa shape index (κ3) is 5.53. The van der Waals surface area contributed by atoms with Crippen molar-refractivity contribution in [3.05, 3.63) is 40.0 Å². The minimum atomic E-state index is -0.483. The summed E-state index contributed by atoms with van der Waals surface area (Å²) < 4.78 is 10.1. The lowest BCUT2D eigenvalue weighted by molar-refractivity contribution is -0.384. The first-order valence-corrected chi connectivity index (χ1v) is 9.23. The molecule has 7 heteroatoms. The first-order chi connectivity index (χ1) is 12.8. The topological polar surface area (TPSA) is 81.9 Å². The van der Waals surface area contributed by atoms with Gasteiger partial charge in [-0.1, -0.05) is 19.9 Å². The second kappa shape index (κ2) is 9.50. The van der Waals surface area contributed by atoms with Crippen molar-refractivity contribution in [3.8, 4) is 0 Å². The van der Waals surface area contributed by atoms with Crippen molar-refractivity contribution in [2.24, 2.45) is 5.92 Å². The van der Waals surface area contributed by atoms with E-state index in [0.717, 1.165) is 19.4 Å². The Bertz CT molecular complexity index is 708. The quantitative estimate of drug-likeness (QED) is 0.311. The molecule has 1 aliphatic heterocycles. The molecular formula is C20H28N2O5. The maximum atomic E-state index is 11.8. The lowest BCUT2D eigenvalue weighted by atomic mass is 10.0. The average molecular weight is 376 g/mol. The number of hydrogen-bond acceptors (Lipinski definition) is 6. The maximum absolute atomic E-state index is 11.8. The molecule has 1 fully saturated rings. The highest BCUT2D eigenvalue weighted by Gasteiger charge is 2.28. The van der Waals surface area contributed by atoms with E-state index in [4.69, 9.17) is 4.74 Å². The van der Waals surface area contributed by atoms with Gasteiger partial charge < -0.3 is 14.4 Å². The Morgan fingerprint density at radius 1 is 1.41 bits per heavy atom. The number of benzene rings is 1. The highest BCUT2D eigenvalue weighted by Crippen LogP contribution is 2.35. The van der Waals surface area contributed by atoms with E-state index in [9.17, 15) is 14.9 Å². The molecule has 0 aromatic heterocycles. The Morgan fingerprint density at radius 3 is 2.63 bits per heavy atom. The lowest BCUT2D eigenvalue weighted by Crippen LogP contribution is -2.42. The summed E-state index contributed by atoms with van der Waals surface area (Å²) in [5, 5.41) is 11.8. The normalized spacial score (nSPS) is 15.7. The number of nitrogens with zero attached hydrogens (tertiary/aromatic N) is 2. The number of hydrogen-bond donors (Lipinski definition) is 0. The van der Waals surface area contributed by atoms with Gasteiger partial charge in [-0.15, -0.1) is 0 Å². The summed E-state index contributed by atoms with van der Waals surface area (Å²) in [5.74, 6) is -0.115. The molecule has 0 N–H and O–H groups in total. The third-order valence-electron chi connectivity index (χ3n) is 4.67. The Morgan fingerprint density at radius 2 is 2.07 bits per heavy atom. The Hall–Kier alpha value is -2.41. The van der Waals surface area contributed by atoms with Gasteiger partial charge in [-0.05, 0) is 42.9 Å². The van der Waals surface area contributed by atoms with Gasteiger partial charge in [0.05, 0.1) is 12.0 Å². The van der Waals surface area contributed by atoms with E-state index in [1.807, 2.05) is 6.07 Å². The number of anilines is 1. The van der Waals surface area contributed by atoms with Gasteiger partial charge in [0.15, 0.2) is 0 Å². The smallest absolute Gasteiger partial charge is 0.330 e. The summed E-state index contributed by atoms with van der Waals surface area (Å²) in [6.07, 6.45) is 3.04. The van der Waals surface area contributed by atoms with Gasteiger partial charge in [-0.2, -0.15) is 0 Å². The number of allylic oxidation sites excluding steroid dienone is 1. The standard InChI is InChI=1S/C20H28N2O5/c1-14(2)13-21(17-7-9-27-10-8-17)18-6-5-16(12-19(18)22(24)25)15(3)11-20(23)26-4/h5-6,11-12,14,17H,7-10,13H2,1-4H3/b15-11-. The second-order valence-corrected chi connectivity index (χ2v) is 7.20. The number of ether oxygens (including phenoxy) is 2. The van der Waals surface area contributed by atoms with Gasteiger partial charge in [0.1, 0.15) is 5.69 Å². The van der Waals surface area contributed by atoms with Crippen LogP contribution in [0.1, 0.15) is 39.2 Å². The van der Waals surface area contributed by atoms with Crippen molar-refractivity contribution in [2.75, 3.05) is 31.8 Å². The molecule has 1 aliphatic rings. The molecule has 0 amide bonds. The summed E-state index contributed by atoms with van der Waals surface area (Å²) >= 11 is 0. The van der Waals surface area contributed by atoms with Gasteiger partial charge in [-0.3, -0.25) is 10.1 Å². The lowest BCUT2D eigenvalue weighted by Gasteiger charge is -2.37. The molecule has 148 valence electrons. The molecule has 1 aromatic carbocycles. The average Bonchev–Trinajstić information content (AvgIpc) is 2.66. The maximum Gasteiger partial charge on any atom is 0.330 e. The van der Waals surface area contributed by atoms with Crippen molar-refractivity contribution in [1.29, 1.82) is 0 Å². The van der Waals surface area contributed by atoms with Crippen molar-refractivity contribution in [2.45, 2.75) is 39.7 Å². The highest BCUT2D eigenvalue weighted by atomic mass is 16.6. The number of carbonyl (C=O) groups is 1. The van der Waals surface area contributed by atoms with E-state index in [2.05, 4.69) is 23.5 Å². The zero-order valence-corrected chi connectivity index (χ0v) is 16.4. The number of carbonyl (C=O) groups excluding carboxylic acids is 1. The highest BCUT2D eigenvalue weighted by molar-refractivity contribution is 5.91. The number of rotatable bonds is 7. The number of esters is 1. The van der Waals surface area contributed by atoms with E-state index in [0.29, 0.717) is 36.0 Å². The van der Waals surface area contributed by atoms with Crippen LogP contribution in [-0.4, -0.2) is 43.8 Å². The predicted octanol–water partition coefficient (Wildman–Crippen LogP) is 3.81. The van der Waals surface area contributed by atoms with Crippen LogP contribution < -0.4 is 4.90 Å². The predicted molar refractivity (Wildman–Crippen MR) is 105 cm³/mol. The third-order valence-corrected chi connectivity index (χ3v) is 4.67. The van der Waals surface area contributed by atoms with Gasteiger partial charge in [-0.25, -0.2) is 4.79 Å². The zero-order valence-electron chi connectivity index (χ0n) is 16.4. The number of nitro groups is 1. The molecule has 0 bridgehead atoms.